The standard InChI is InChI=1S/C13H15N5/c1-17-11-3-2-4-12(13(11)15-16-17)18-7-5-10(9-14)6-8-18/h2-4,10H,5-8H2,1H3. The number of piperidine rings is 1. The molecule has 1 aliphatic heterocycles. The summed E-state index contributed by atoms with van der Waals surface area (Å²) in [4.78, 5) is 2.31. The lowest BCUT2D eigenvalue weighted by Gasteiger charge is -2.31. The second-order valence-corrected chi connectivity index (χ2v) is 4.75. The number of rotatable bonds is 1. The minimum absolute atomic E-state index is 0.210. The number of anilines is 1. The van der Waals surface area contributed by atoms with Crippen molar-refractivity contribution in [3.63, 3.8) is 0 Å². The van der Waals surface area contributed by atoms with Crippen LogP contribution in [-0.4, -0.2) is 28.1 Å². The van der Waals surface area contributed by atoms with E-state index in [-0.39, 0.29) is 5.92 Å². The van der Waals surface area contributed by atoms with Crippen molar-refractivity contribution in [1.82, 2.24) is 15.0 Å². The Morgan fingerprint density at radius 2 is 2.11 bits per heavy atom. The fourth-order valence-corrected chi connectivity index (χ4v) is 2.55. The van der Waals surface area contributed by atoms with Crippen LogP contribution in [0.15, 0.2) is 18.2 Å². The average Bonchev–Trinajstić information content (AvgIpc) is 2.81. The van der Waals surface area contributed by atoms with Gasteiger partial charge >= 0.3 is 0 Å². The van der Waals surface area contributed by atoms with Crippen LogP contribution in [0.2, 0.25) is 0 Å². The normalized spacial score (nSPS) is 17.0. The Balaban J connectivity index is 1.94. The van der Waals surface area contributed by atoms with E-state index >= 15 is 0 Å². The van der Waals surface area contributed by atoms with Gasteiger partial charge in [-0.2, -0.15) is 5.26 Å². The molecule has 92 valence electrons. The van der Waals surface area contributed by atoms with Gasteiger partial charge in [0.1, 0.15) is 5.52 Å². The summed E-state index contributed by atoms with van der Waals surface area (Å²) in [6, 6.07) is 8.51. The molecule has 1 saturated heterocycles. The van der Waals surface area contributed by atoms with Gasteiger partial charge in [-0.1, -0.05) is 11.3 Å². The van der Waals surface area contributed by atoms with E-state index in [0.717, 1.165) is 42.7 Å². The van der Waals surface area contributed by atoms with Crippen LogP contribution in [0.5, 0.6) is 0 Å². The highest BCUT2D eigenvalue weighted by molar-refractivity contribution is 5.88. The zero-order valence-corrected chi connectivity index (χ0v) is 10.4. The molecular weight excluding hydrogens is 226 g/mol. The van der Waals surface area contributed by atoms with Crippen LogP contribution in [0.3, 0.4) is 0 Å². The molecule has 18 heavy (non-hydrogen) atoms. The zero-order chi connectivity index (χ0) is 12.5. The summed E-state index contributed by atoms with van der Waals surface area (Å²) < 4.78 is 1.79. The van der Waals surface area contributed by atoms with E-state index in [1.807, 2.05) is 19.2 Å². The maximum atomic E-state index is 8.93. The van der Waals surface area contributed by atoms with Crippen molar-refractivity contribution in [2.24, 2.45) is 13.0 Å². The van der Waals surface area contributed by atoms with E-state index in [1.54, 1.807) is 4.68 Å². The van der Waals surface area contributed by atoms with Gasteiger partial charge in [0, 0.05) is 26.1 Å². The number of aromatic nitrogens is 3. The fraction of sp³-hybridized carbons (Fsp3) is 0.462. The zero-order valence-electron chi connectivity index (χ0n) is 10.4. The van der Waals surface area contributed by atoms with Gasteiger partial charge in [-0.15, -0.1) is 5.10 Å². The number of aryl methyl sites for hydroxylation is 1. The van der Waals surface area contributed by atoms with Gasteiger partial charge in [0.05, 0.1) is 17.3 Å². The molecule has 0 amide bonds. The molecule has 5 heteroatoms. The molecule has 1 fully saturated rings. The van der Waals surface area contributed by atoms with Crippen molar-refractivity contribution in [3.05, 3.63) is 18.2 Å². The highest BCUT2D eigenvalue weighted by Gasteiger charge is 2.21. The number of nitriles is 1. The van der Waals surface area contributed by atoms with Gasteiger partial charge in [0.15, 0.2) is 0 Å². The molecule has 1 aliphatic rings. The van der Waals surface area contributed by atoms with Crippen LogP contribution in [0.4, 0.5) is 5.69 Å². The van der Waals surface area contributed by atoms with Crippen LogP contribution >= 0.6 is 0 Å². The quantitative estimate of drug-likeness (QED) is 0.762. The molecule has 0 unspecified atom stereocenters. The van der Waals surface area contributed by atoms with Crippen molar-refractivity contribution in [2.75, 3.05) is 18.0 Å². The molecule has 2 heterocycles. The topological polar surface area (TPSA) is 57.7 Å². The average molecular weight is 241 g/mol. The molecule has 0 bridgehead atoms. The van der Waals surface area contributed by atoms with Crippen LogP contribution in [0.25, 0.3) is 11.0 Å². The van der Waals surface area contributed by atoms with Crippen molar-refractivity contribution >= 4 is 16.7 Å². The summed E-state index contributed by atoms with van der Waals surface area (Å²) in [6.07, 6.45) is 1.88. The van der Waals surface area contributed by atoms with Crippen molar-refractivity contribution in [1.29, 1.82) is 5.26 Å². The van der Waals surface area contributed by atoms with E-state index in [2.05, 4.69) is 27.3 Å². The Bertz CT molecular complexity index is 601. The molecule has 2 aromatic rings. The SMILES string of the molecule is Cn1nnc2c(N3CCC(C#N)CC3)cccc21. The largest absolute Gasteiger partial charge is 0.370 e. The van der Waals surface area contributed by atoms with Crippen molar-refractivity contribution in [2.45, 2.75) is 12.8 Å². The third-order valence-electron chi connectivity index (χ3n) is 3.64. The molecule has 0 N–H and O–H groups in total. The first-order chi connectivity index (χ1) is 8.79. The Hall–Kier alpha value is -2.09. The Labute approximate surface area is 106 Å². The first-order valence-corrected chi connectivity index (χ1v) is 6.22. The van der Waals surface area contributed by atoms with E-state index in [4.69, 9.17) is 5.26 Å². The number of fused-ring (bicyclic) bond motifs is 1. The monoisotopic (exact) mass is 241 g/mol. The minimum Gasteiger partial charge on any atom is -0.370 e. The number of hydrogen-bond acceptors (Lipinski definition) is 4. The van der Waals surface area contributed by atoms with E-state index in [0.29, 0.717) is 0 Å². The van der Waals surface area contributed by atoms with Gasteiger partial charge in [0.2, 0.25) is 0 Å². The van der Waals surface area contributed by atoms with Gasteiger partial charge in [-0.3, -0.25) is 0 Å². The second-order valence-electron chi connectivity index (χ2n) is 4.75. The Morgan fingerprint density at radius 3 is 2.83 bits per heavy atom. The summed E-state index contributed by atoms with van der Waals surface area (Å²) in [5.41, 5.74) is 3.14. The first kappa shape index (κ1) is 11.0. The lowest BCUT2D eigenvalue weighted by Crippen LogP contribution is -2.33. The molecule has 0 aliphatic carbocycles. The maximum absolute atomic E-state index is 8.93. The summed E-state index contributed by atoms with van der Waals surface area (Å²) >= 11 is 0. The molecule has 1 aromatic carbocycles. The van der Waals surface area contributed by atoms with Crippen LogP contribution in [0.1, 0.15) is 12.8 Å². The Kier molecular flexibility index (Phi) is 2.63. The number of benzene rings is 1. The molecule has 1 aromatic heterocycles. The molecule has 0 spiro atoms. The van der Waals surface area contributed by atoms with Crippen LogP contribution in [0, 0.1) is 17.2 Å². The van der Waals surface area contributed by atoms with Gasteiger partial charge in [0.25, 0.3) is 0 Å². The third-order valence-corrected chi connectivity index (χ3v) is 3.64. The van der Waals surface area contributed by atoms with Crippen molar-refractivity contribution < 1.29 is 0 Å². The van der Waals surface area contributed by atoms with E-state index in [1.165, 1.54) is 0 Å². The minimum atomic E-state index is 0.210. The maximum Gasteiger partial charge on any atom is 0.136 e. The lowest BCUT2D eigenvalue weighted by atomic mass is 9.98. The summed E-state index contributed by atoms with van der Waals surface area (Å²) in [5, 5.41) is 17.2. The molecule has 5 nitrogen and oxygen atoms in total. The second kappa shape index (κ2) is 4.30. The third kappa shape index (κ3) is 1.70. The summed E-state index contributed by atoms with van der Waals surface area (Å²) in [5.74, 6) is 0.210. The van der Waals surface area contributed by atoms with Crippen LogP contribution in [-0.2, 0) is 7.05 Å². The van der Waals surface area contributed by atoms with E-state index < -0.39 is 0 Å². The van der Waals surface area contributed by atoms with Crippen molar-refractivity contribution in [3.8, 4) is 6.07 Å². The molecule has 0 radical (unpaired) electrons. The van der Waals surface area contributed by atoms with Crippen LogP contribution < -0.4 is 4.90 Å². The van der Waals surface area contributed by atoms with Gasteiger partial charge in [-0.05, 0) is 25.0 Å². The highest BCUT2D eigenvalue weighted by Crippen LogP contribution is 2.28. The fourth-order valence-electron chi connectivity index (χ4n) is 2.55. The van der Waals surface area contributed by atoms with Gasteiger partial charge in [-0.25, -0.2) is 4.68 Å². The smallest absolute Gasteiger partial charge is 0.136 e. The van der Waals surface area contributed by atoms with E-state index in [9.17, 15) is 0 Å². The first-order valence-electron chi connectivity index (χ1n) is 6.22. The number of nitrogens with zero attached hydrogens (tertiary/aromatic N) is 5. The molecule has 3 rings (SSSR count). The predicted octanol–water partition coefficient (Wildman–Crippen LogP) is 1.71. The molecular formula is C13H15N5. The Morgan fingerprint density at radius 1 is 1.33 bits per heavy atom. The van der Waals surface area contributed by atoms with Gasteiger partial charge < -0.3 is 4.90 Å². The number of hydrogen-bond donors (Lipinski definition) is 0. The summed E-state index contributed by atoms with van der Waals surface area (Å²) in [7, 11) is 1.90. The molecule has 0 saturated carbocycles. The summed E-state index contributed by atoms with van der Waals surface area (Å²) in [6.45, 7) is 1.85. The molecule has 0 atom stereocenters. The lowest BCUT2D eigenvalue weighted by molar-refractivity contribution is 0.488. The predicted molar refractivity (Wildman–Crippen MR) is 69.1 cm³/mol. The highest BCUT2D eigenvalue weighted by atomic mass is 15.4.